The molecule has 0 unspecified atom stereocenters. The molecule has 3 heteroatoms. The Morgan fingerprint density at radius 2 is 0.878 bits per heavy atom. The third-order valence-corrected chi connectivity index (χ3v) is 8.93. The molecule has 0 saturated heterocycles. The lowest BCUT2D eigenvalue weighted by molar-refractivity contribution is 1.29. The quantitative estimate of drug-likeness (QED) is 0.222. The molecule has 8 rings (SSSR count). The average molecular weight is 541 g/mol. The minimum Gasteiger partial charge on any atom is -0.244 e. The topological polar surface area (TPSA) is 25.8 Å². The third kappa shape index (κ3) is 4.19. The molecule has 0 aliphatic heterocycles. The molecule has 6 aromatic carbocycles. The van der Waals surface area contributed by atoms with E-state index in [1.165, 1.54) is 42.4 Å². The average Bonchev–Trinajstić information content (AvgIpc) is 3.44. The molecule has 0 bridgehead atoms. The van der Waals surface area contributed by atoms with Gasteiger partial charge in [-0.15, -0.1) is 11.3 Å². The van der Waals surface area contributed by atoms with E-state index in [2.05, 4.69) is 115 Å². The van der Waals surface area contributed by atoms with Crippen molar-refractivity contribution < 1.29 is 0 Å². The van der Waals surface area contributed by atoms with Gasteiger partial charge in [0.2, 0.25) is 0 Å². The number of hydrogen-bond acceptors (Lipinski definition) is 3. The zero-order valence-electron chi connectivity index (χ0n) is 22.2. The van der Waals surface area contributed by atoms with Crippen LogP contribution in [0.4, 0.5) is 0 Å². The highest BCUT2D eigenvalue weighted by atomic mass is 32.1. The van der Waals surface area contributed by atoms with Crippen LogP contribution < -0.4 is 0 Å². The van der Waals surface area contributed by atoms with E-state index in [1.54, 1.807) is 0 Å². The molecule has 192 valence electrons. The van der Waals surface area contributed by atoms with Crippen molar-refractivity contribution in [2.24, 2.45) is 0 Å². The number of hydrogen-bond donors (Lipinski definition) is 0. The Bertz CT molecular complexity index is 2180. The zero-order valence-corrected chi connectivity index (χ0v) is 23.0. The summed E-state index contributed by atoms with van der Waals surface area (Å²) in [6.07, 6.45) is 0. The first-order valence-electron chi connectivity index (χ1n) is 13.8. The van der Waals surface area contributed by atoms with Crippen LogP contribution in [0.2, 0.25) is 0 Å². The summed E-state index contributed by atoms with van der Waals surface area (Å²) in [6, 6.07) is 51.3. The SMILES string of the molecule is c1ccc(-c2ccc(-c3nc4ccccc4nc3-c3ccc(-c4cccc5c4sc4ccccc45)cc3)cc2)cc1. The fourth-order valence-corrected chi connectivity index (χ4v) is 6.87. The van der Waals surface area contributed by atoms with Crippen molar-refractivity contribution in [1.29, 1.82) is 0 Å². The zero-order chi connectivity index (χ0) is 27.2. The molecule has 2 aromatic heterocycles. The van der Waals surface area contributed by atoms with Crippen molar-refractivity contribution in [1.82, 2.24) is 9.97 Å². The van der Waals surface area contributed by atoms with Crippen LogP contribution in [-0.2, 0) is 0 Å². The number of para-hydroxylation sites is 2. The van der Waals surface area contributed by atoms with E-state index in [-0.39, 0.29) is 0 Å². The van der Waals surface area contributed by atoms with E-state index in [9.17, 15) is 0 Å². The van der Waals surface area contributed by atoms with Crippen LogP contribution in [0.3, 0.4) is 0 Å². The normalized spacial score (nSPS) is 11.4. The number of nitrogens with zero attached hydrogens (tertiary/aromatic N) is 2. The van der Waals surface area contributed by atoms with Crippen molar-refractivity contribution in [3.05, 3.63) is 146 Å². The molecule has 0 radical (unpaired) electrons. The lowest BCUT2D eigenvalue weighted by Crippen LogP contribution is -1.95. The van der Waals surface area contributed by atoms with E-state index < -0.39 is 0 Å². The maximum absolute atomic E-state index is 5.12. The second-order valence-corrected chi connectivity index (χ2v) is 11.3. The molecule has 0 fully saturated rings. The van der Waals surface area contributed by atoms with Gasteiger partial charge >= 0.3 is 0 Å². The molecule has 0 N–H and O–H groups in total. The molecule has 2 heterocycles. The Hall–Kier alpha value is -5.12. The van der Waals surface area contributed by atoms with Crippen molar-refractivity contribution in [2.45, 2.75) is 0 Å². The summed E-state index contributed by atoms with van der Waals surface area (Å²) < 4.78 is 2.65. The summed E-state index contributed by atoms with van der Waals surface area (Å²) in [7, 11) is 0. The Morgan fingerprint density at radius 1 is 0.366 bits per heavy atom. The van der Waals surface area contributed by atoms with Crippen LogP contribution in [0.25, 0.3) is 76.0 Å². The van der Waals surface area contributed by atoms with Gasteiger partial charge in [0.1, 0.15) is 0 Å². The van der Waals surface area contributed by atoms with Crippen molar-refractivity contribution in [3.8, 4) is 44.8 Å². The van der Waals surface area contributed by atoms with Crippen LogP contribution in [0.5, 0.6) is 0 Å². The Kier molecular flexibility index (Phi) is 5.68. The molecule has 0 amide bonds. The van der Waals surface area contributed by atoms with Crippen LogP contribution in [-0.4, -0.2) is 9.97 Å². The first-order valence-corrected chi connectivity index (χ1v) is 14.6. The van der Waals surface area contributed by atoms with E-state index in [4.69, 9.17) is 9.97 Å². The minimum atomic E-state index is 0.891. The second-order valence-electron chi connectivity index (χ2n) is 10.2. The minimum absolute atomic E-state index is 0.891. The summed E-state index contributed by atoms with van der Waals surface area (Å²) in [5.41, 5.74) is 10.5. The third-order valence-electron chi connectivity index (χ3n) is 7.71. The monoisotopic (exact) mass is 540 g/mol. The van der Waals surface area contributed by atoms with Gasteiger partial charge in [0, 0.05) is 31.3 Å². The van der Waals surface area contributed by atoms with Gasteiger partial charge in [0.05, 0.1) is 22.4 Å². The highest BCUT2D eigenvalue weighted by Crippen LogP contribution is 2.40. The van der Waals surface area contributed by atoms with Crippen LogP contribution in [0.15, 0.2) is 146 Å². The number of benzene rings is 6. The lowest BCUT2D eigenvalue weighted by Gasteiger charge is -2.12. The smallest absolute Gasteiger partial charge is 0.0973 e. The summed E-state index contributed by atoms with van der Waals surface area (Å²) in [4.78, 5) is 10.2. The van der Waals surface area contributed by atoms with Gasteiger partial charge in [-0.2, -0.15) is 0 Å². The highest BCUT2D eigenvalue weighted by Gasteiger charge is 2.15. The summed E-state index contributed by atoms with van der Waals surface area (Å²) in [6.45, 7) is 0. The molecule has 8 aromatic rings. The second kappa shape index (κ2) is 9.81. The van der Waals surface area contributed by atoms with Gasteiger partial charge in [-0.3, -0.25) is 0 Å². The molecule has 0 aliphatic carbocycles. The van der Waals surface area contributed by atoms with E-state index in [1.807, 2.05) is 41.7 Å². The first kappa shape index (κ1) is 23.7. The summed E-state index contributed by atoms with van der Waals surface area (Å²) in [5.74, 6) is 0. The largest absolute Gasteiger partial charge is 0.244 e. The predicted molar refractivity (Wildman–Crippen MR) is 174 cm³/mol. The number of rotatable bonds is 4. The number of fused-ring (bicyclic) bond motifs is 4. The summed E-state index contributed by atoms with van der Waals surface area (Å²) in [5, 5.41) is 2.63. The molecular weight excluding hydrogens is 516 g/mol. The van der Waals surface area contributed by atoms with Gasteiger partial charge in [0.25, 0.3) is 0 Å². The van der Waals surface area contributed by atoms with Gasteiger partial charge in [-0.05, 0) is 40.5 Å². The fraction of sp³-hybridized carbons (Fsp3) is 0. The molecule has 0 saturated carbocycles. The first-order chi connectivity index (χ1) is 20.3. The van der Waals surface area contributed by atoms with Crippen molar-refractivity contribution in [3.63, 3.8) is 0 Å². The Balaban J connectivity index is 1.23. The summed E-state index contributed by atoms with van der Waals surface area (Å²) >= 11 is 1.86. The van der Waals surface area contributed by atoms with Gasteiger partial charge in [0.15, 0.2) is 0 Å². The maximum Gasteiger partial charge on any atom is 0.0973 e. The van der Waals surface area contributed by atoms with Crippen LogP contribution in [0.1, 0.15) is 0 Å². The predicted octanol–water partition coefficient (Wildman–Crippen LogP) is 10.7. The van der Waals surface area contributed by atoms with Crippen molar-refractivity contribution >= 4 is 42.5 Å². The number of thiophene rings is 1. The van der Waals surface area contributed by atoms with E-state index >= 15 is 0 Å². The van der Waals surface area contributed by atoms with Gasteiger partial charge in [-0.25, -0.2) is 9.97 Å². The standard InChI is InChI=1S/C38H24N2S/c1-2-9-25(10-3-1)26-17-21-28(22-18-26)36-37(40-34-15-6-5-14-33(34)39-36)29-23-19-27(20-24-29)30-12-8-13-32-31-11-4-7-16-35(31)41-38(30)32/h1-24H. The lowest BCUT2D eigenvalue weighted by atomic mass is 9.98. The molecule has 0 spiro atoms. The van der Waals surface area contributed by atoms with Gasteiger partial charge < -0.3 is 0 Å². The molecule has 2 nitrogen and oxygen atoms in total. The molecular formula is C38H24N2S. The van der Waals surface area contributed by atoms with E-state index in [0.29, 0.717) is 0 Å². The molecule has 0 atom stereocenters. The Labute approximate surface area is 242 Å². The van der Waals surface area contributed by atoms with Crippen molar-refractivity contribution in [2.75, 3.05) is 0 Å². The number of aromatic nitrogens is 2. The Morgan fingerprint density at radius 3 is 1.56 bits per heavy atom. The highest BCUT2D eigenvalue weighted by molar-refractivity contribution is 7.26. The van der Waals surface area contributed by atoms with Crippen LogP contribution in [0, 0.1) is 0 Å². The molecule has 0 aliphatic rings. The maximum atomic E-state index is 5.12. The fourth-order valence-electron chi connectivity index (χ4n) is 5.64. The van der Waals surface area contributed by atoms with Gasteiger partial charge in [-0.1, -0.05) is 127 Å². The van der Waals surface area contributed by atoms with Crippen LogP contribution >= 0.6 is 11.3 Å². The molecule has 41 heavy (non-hydrogen) atoms. The van der Waals surface area contributed by atoms with E-state index in [0.717, 1.165) is 33.5 Å².